The van der Waals surface area contributed by atoms with Gasteiger partial charge in [-0.05, 0) is 51.0 Å². The molecule has 0 amide bonds. The summed E-state index contributed by atoms with van der Waals surface area (Å²) < 4.78 is 5.36. The summed E-state index contributed by atoms with van der Waals surface area (Å²) in [5, 5.41) is 0. The van der Waals surface area contributed by atoms with E-state index in [9.17, 15) is 9.59 Å². The number of cyclic esters (lactones) is 1. The molecule has 3 nitrogen and oxygen atoms in total. The van der Waals surface area contributed by atoms with E-state index in [-0.39, 0.29) is 29.7 Å². The first-order valence-corrected chi connectivity index (χ1v) is 9.27. The molecule has 1 saturated carbocycles. The average Bonchev–Trinajstić information content (AvgIpc) is 3.34. The van der Waals surface area contributed by atoms with E-state index in [2.05, 4.69) is 19.1 Å². The number of unbranched alkanes of at least 4 members (excludes halogenated alkanes) is 4. The quantitative estimate of drug-likeness (QED) is 0.252. The maximum Gasteiger partial charge on any atom is 0.306 e. The van der Waals surface area contributed by atoms with Gasteiger partial charge in [-0.1, -0.05) is 38.0 Å². The number of esters is 1. The molecule has 23 heavy (non-hydrogen) atoms. The van der Waals surface area contributed by atoms with E-state index in [0.29, 0.717) is 6.42 Å². The van der Waals surface area contributed by atoms with Gasteiger partial charge in [-0.25, -0.2) is 0 Å². The van der Waals surface area contributed by atoms with Crippen LogP contribution in [0.15, 0.2) is 24.3 Å². The van der Waals surface area contributed by atoms with Crippen molar-refractivity contribution < 1.29 is 14.3 Å². The molecule has 0 radical (unpaired) electrons. The number of hydrogen-bond acceptors (Lipinski definition) is 3. The zero-order valence-corrected chi connectivity index (χ0v) is 14.3. The molecule has 0 aromatic rings. The third-order valence-electron chi connectivity index (χ3n) is 4.76. The molecule has 1 aliphatic heterocycles. The predicted molar refractivity (Wildman–Crippen MR) is 92.0 cm³/mol. The van der Waals surface area contributed by atoms with Crippen molar-refractivity contribution in [2.45, 2.75) is 77.2 Å². The highest BCUT2D eigenvalue weighted by molar-refractivity contribution is 5.94. The largest absolute Gasteiger partial charge is 0.462 e. The third kappa shape index (κ3) is 6.32. The average molecular weight is 318 g/mol. The lowest BCUT2D eigenvalue weighted by atomic mass is 10.0. The first-order chi connectivity index (χ1) is 11.2. The Hall–Kier alpha value is -1.38. The Labute approximate surface area is 140 Å². The Morgan fingerprint density at radius 1 is 1.17 bits per heavy atom. The first-order valence-electron chi connectivity index (χ1n) is 9.27. The molecular formula is C20H30O3. The van der Waals surface area contributed by atoms with Gasteiger partial charge >= 0.3 is 5.97 Å². The van der Waals surface area contributed by atoms with Crippen LogP contribution in [0.3, 0.4) is 0 Å². The molecule has 2 aliphatic rings. The van der Waals surface area contributed by atoms with E-state index in [4.69, 9.17) is 4.74 Å². The van der Waals surface area contributed by atoms with Crippen LogP contribution in [0.25, 0.3) is 0 Å². The van der Waals surface area contributed by atoms with Crippen molar-refractivity contribution in [3.05, 3.63) is 24.3 Å². The van der Waals surface area contributed by atoms with E-state index in [1.54, 1.807) is 6.08 Å². The number of ketones is 1. The summed E-state index contributed by atoms with van der Waals surface area (Å²) in [6, 6.07) is 0. The van der Waals surface area contributed by atoms with E-state index < -0.39 is 0 Å². The number of carbonyl (C=O) groups is 2. The highest BCUT2D eigenvalue weighted by Crippen LogP contribution is 2.45. The number of rotatable bonds is 10. The maximum absolute atomic E-state index is 12.1. The number of ether oxygens (including phenoxy) is 1. The molecule has 128 valence electrons. The molecular weight excluding hydrogens is 288 g/mol. The van der Waals surface area contributed by atoms with Gasteiger partial charge in [-0.2, -0.15) is 0 Å². The Kier molecular flexibility index (Phi) is 7.57. The molecule has 1 aliphatic carbocycles. The van der Waals surface area contributed by atoms with Crippen LogP contribution >= 0.6 is 0 Å². The molecule has 1 heterocycles. The number of allylic oxidation sites excluding steroid dienone is 4. The summed E-state index contributed by atoms with van der Waals surface area (Å²) in [5.74, 6) is 0.478. The summed E-state index contributed by atoms with van der Waals surface area (Å²) in [6.07, 6.45) is 18.4. The van der Waals surface area contributed by atoms with Gasteiger partial charge in [-0.3, -0.25) is 9.59 Å². The topological polar surface area (TPSA) is 43.4 Å². The summed E-state index contributed by atoms with van der Waals surface area (Å²) in [5.41, 5.74) is 0. The van der Waals surface area contributed by atoms with Crippen molar-refractivity contribution in [3.63, 3.8) is 0 Å². The molecule has 0 spiro atoms. The van der Waals surface area contributed by atoms with E-state index in [1.165, 1.54) is 25.7 Å². The zero-order valence-electron chi connectivity index (χ0n) is 14.3. The zero-order chi connectivity index (χ0) is 16.5. The lowest BCUT2D eigenvalue weighted by molar-refractivity contribution is -0.155. The van der Waals surface area contributed by atoms with E-state index in [1.807, 2.05) is 6.08 Å². The third-order valence-corrected chi connectivity index (χ3v) is 4.76. The van der Waals surface area contributed by atoms with Gasteiger partial charge in [0.25, 0.3) is 0 Å². The van der Waals surface area contributed by atoms with E-state index in [0.717, 1.165) is 32.1 Å². The highest BCUT2D eigenvalue weighted by atomic mass is 16.5. The summed E-state index contributed by atoms with van der Waals surface area (Å²) in [7, 11) is 0. The van der Waals surface area contributed by atoms with Gasteiger partial charge in [0.15, 0.2) is 5.78 Å². The van der Waals surface area contributed by atoms with Crippen molar-refractivity contribution in [2.24, 2.45) is 11.8 Å². The van der Waals surface area contributed by atoms with Gasteiger partial charge in [0.1, 0.15) is 6.10 Å². The Morgan fingerprint density at radius 3 is 2.74 bits per heavy atom. The van der Waals surface area contributed by atoms with Gasteiger partial charge in [0.2, 0.25) is 0 Å². The molecule has 3 heteroatoms. The smallest absolute Gasteiger partial charge is 0.306 e. The van der Waals surface area contributed by atoms with Crippen LogP contribution in [0.5, 0.6) is 0 Å². The SMILES string of the molecule is CCCCC/C=C\CC/C=C/C(=O)[C@@H]1C[C@H]1[C@@H]1CCCC(=O)O1. The van der Waals surface area contributed by atoms with Crippen LogP contribution in [0, 0.1) is 11.8 Å². The van der Waals surface area contributed by atoms with Crippen LogP contribution in [-0.2, 0) is 14.3 Å². The second-order valence-corrected chi connectivity index (χ2v) is 6.78. The summed E-state index contributed by atoms with van der Waals surface area (Å²) in [6.45, 7) is 2.22. The van der Waals surface area contributed by atoms with E-state index >= 15 is 0 Å². The summed E-state index contributed by atoms with van der Waals surface area (Å²) in [4.78, 5) is 23.4. The Balaban J connectivity index is 1.57. The molecule has 3 atom stereocenters. The normalized spacial score (nSPS) is 27.5. The lowest BCUT2D eigenvalue weighted by Gasteiger charge is -2.22. The summed E-state index contributed by atoms with van der Waals surface area (Å²) >= 11 is 0. The molecule has 1 saturated heterocycles. The van der Waals surface area contributed by atoms with Crippen LogP contribution in [0.2, 0.25) is 0 Å². The minimum atomic E-state index is -0.0967. The Morgan fingerprint density at radius 2 is 1.96 bits per heavy atom. The van der Waals surface area contributed by atoms with Crippen LogP contribution in [0.4, 0.5) is 0 Å². The molecule has 0 bridgehead atoms. The monoisotopic (exact) mass is 318 g/mol. The molecule has 2 rings (SSSR count). The minimum absolute atomic E-state index is 0.00958. The van der Waals surface area contributed by atoms with Gasteiger partial charge < -0.3 is 4.74 Å². The fraction of sp³-hybridized carbons (Fsp3) is 0.700. The molecule has 0 N–H and O–H groups in total. The Bertz CT molecular complexity index is 450. The molecule has 0 aromatic carbocycles. The van der Waals surface area contributed by atoms with Gasteiger partial charge in [0, 0.05) is 18.3 Å². The van der Waals surface area contributed by atoms with Crippen molar-refractivity contribution in [2.75, 3.05) is 0 Å². The lowest BCUT2D eigenvalue weighted by Crippen LogP contribution is -2.26. The van der Waals surface area contributed by atoms with Crippen LogP contribution in [0.1, 0.15) is 71.1 Å². The standard InChI is InChI=1S/C20H30O3/c1-2-3-4-5-6-7-8-9-10-12-18(21)16-15-17(16)19-13-11-14-20(22)23-19/h6-7,10,12,16-17,19H,2-5,8-9,11,13-15H2,1H3/b7-6-,12-10+/t16-,17-,19+/m1/s1. The van der Waals surface area contributed by atoms with Crippen LogP contribution in [-0.4, -0.2) is 17.9 Å². The molecule has 2 fully saturated rings. The fourth-order valence-electron chi connectivity index (χ4n) is 3.25. The molecule has 0 aromatic heterocycles. The second kappa shape index (κ2) is 9.69. The van der Waals surface area contributed by atoms with Crippen molar-refractivity contribution in [1.82, 2.24) is 0 Å². The van der Waals surface area contributed by atoms with Crippen LogP contribution < -0.4 is 0 Å². The van der Waals surface area contributed by atoms with Gasteiger partial charge in [-0.15, -0.1) is 0 Å². The van der Waals surface area contributed by atoms with Crippen molar-refractivity contribution in [3.8, 4) is 0 Å². The minimum Gasteiger partial charge on any atom is -0.462 e. The number of carbonyl (C=O) groups excluding carboxylic acids is 2. The van der Waals surface area contributed by atoms with Crippen molar-refractivity contribution in [1.29, 1.82) is 0 Å². The highest BCUT2D eigenvalue weighted by Gasteiger charge is 2.48. The van der Waals surface area contributed by atoms with Crippen molar-refractivity contribution >= 4 is 11.8 Å². The number of hydrogen-bond donors (Lipinski definition) is 0. The second-order valence-electron chi connectivity index (χ2n) is 6.78. The fourth-order valence-corrected chi connectivity index (χ4v) is 3.25. The molecule has 0 unspecified atom stereocenters. The maximum atomic E-state index is 12.1. The predicted octanol–water partition coefficient (Wildman–Crippen LogP) is 4.76. The first kappa shape index (κ1) is 18.0. The van der Waals surface area contributed by atoms with Gasteiger partial charge in [0.05, 0.1) is 0 Å².